The Bertz CT molecular complexity index is 495. The zero-order valence-corrected chi connectivity index (χ0v) is 11.8. The first kappa shape index (κ1) is 16.1. The normalized spacial score (nSPS) is 15.7. The number of nitrogens with zero attached hydrogens (tertiary/aromatic N) is 1. The smallest absolute Gasteiger partial charge is 0.386 e. The Morgan fingerprint density at radius 1 is 1.58 bits per heavy atom. The fourth-order valence-corrected chi connectivity index (χ4v) is 3.54. The van der Waals surface area contributed by atoms with Gasteiger partial charge < -0.3 is 10.00 Å². The van der Waals surface area contributed by atoms with Crippen LogP contribution in [0.5, 0.6) is 0 Å². The highest BCUT2D eigenvalue weighted by Gasteiger charge is 2.21. The van der Waals surface area contributed by atoms with Gasteiger partial charge in [-0.15, -0.1) is 0 Å². The van der Waals surface area contributed by atoms with Gasteiger partial charge in [-0.1, -0.05) is 12.1 Å². The maximum Gasteiger partial charge on any atom is 0.386 e. The molecule has 1 aromatic carbocycles. The molecule has 0 aliphatic carbocycles. The van der Waals surface area contributed by atoms with Gasteiger partial charge in [0.1, 0.15) is 0 Å². The van der Waals surface area contributed by atoms with Crippen LogP contribution in [0, 0.1) is 10.1 Å². The van der Waals surface area contributed by atoms with Gasteiger partial charge in [0.2, 0.25) is 0 Å². The Hall–Kier alpha value is -0.920. The van der Waals surface area contributed by atoms with Gasteiger partial charge in [0, 0.05) is 17.9 Å². The van der Waals surface area contributed by atoms with E-state index in [0.29, 0.717) is 16.9 Å². The van der Waals surface area contributed by atoms with Crippen molar-refractivity contribution in [1.29, 1.82) is 0 Å². The molecule has 0 aliphatic rings. The molecule has 0 aliphatic heterocycles. The van der Waals surface area contributed by atoms with Gasteiger partial charge in [-0.25, -0.2) is 4.57 Å². The van der Waals surface area contributed by atoms with Crippen LogP contribution in [-0.4, -0.2) is 26.8 Å². The number of aliphatic hydroxyl groups is 1. The van der Waals surface area contributed by atoms with Crippen LogP contribution >= 0.6 is 18.2 Å². The maximum atomic E-state index is 11.6. The molecule has 2 N–H and O–H groups in total. The van der Waals surface area contributed by atoms with Crippen molar-refractivity contribution in [2.45, 2.75) is 19.6 Å². The van der Waals surface area contributed by atoms with Crippen molar-refractivity contribution in [3.63, 3.8) is 0 Å². The molecule has 1 aromatic rings. The highest BCUT2D eigenvalue weighted by Crippen LogP contribution is 2.56. The summed E-state index contributed by atoms with van der Waals surface area (Å²) >= 11 is 0.622. The molecule has 2 unspecified atom stereocenters. The molecule has 0 radical (unpaired) electrons. The molecule has 0 fully saturated rings. The van der Waals surface area contributed by atoms with E-state index in [-0.39, 0.29) is 18.0 Å². The molecule has 9 heteroatoms. The average Bonchev–Trinajstić information content (AvgIpc) is 2.35. The molecule has 0 heterocycles. The van der Waals surface area contributed by atoms with Crippen molar-refractivity contribution in [3.05, 3.63) is 39.9 Å². The van der Waals surface area contributed by atoms with Crippen molar-refractivity contribution < 1.29 is 24.0 Å². The van der Waals surface area contributed by atoms with Crippen LogP contribution in [0.25, 0.3) is 0 Å². The van der Waals surface area contributed by atoms with Gasteiger partial charge >= 0.3 is 6.80 Å². The second-order valence-electron chi connectivity index (χ2n) is 3.81. The van der Waals surface area contributed by atoms with Crippen LogP contribution in [0.2, 0.25) is 0 Å². The van der Waals surface area contributed by atoms with Crippen molar-refractivity contribution in [1.82, 2.24) is 0 Å². The van der Waals surface area contributed by atoms with Crippen LogP contribution in [0.3, 0.4) is 0 Å². The highest BCUT2D eigenvalue weighted by atomic mass is 32.7. The molecule has 7 nitrogen and oxygen atoms in total. The largest absolute Gasteiger partial charge is 0.393 e. The van der Waals surface area contributed by atoms with Gasteiger partial charge in [-0.3, -0.25) is 14.6 Å². The van der Waals surface area contributed by atoms with Gasteiger partial charge in [-0.2, -0.15) is 0 Å². The molecule has 0 bridgehead atoms. The molecular formula is C10H14NO6PS. The van der Waals surface area contributed by atoms with Gasteiger partial charge in [0.15, 0.2) is 0 Å². The van der Waals surface area contributed by atoms with E-state index >= 15 is 0 Å². The summed E-state index contributed by atoms with van der Waals surface area (Å²) in [6.45, 7) is -2.58. The summed E-state index contributed by atoms with van der Waals surface area (Å²) in [5.41, 5.74) is 0.326. The van der Waals surface area contributed by atoms with Gasteiger partial charge in [-0.05, 0) is 23.9 Å². The van der Waals surface area contributed by atoms with E-state index in [1.54, 1.807) is 6.07 Å². The zero-order valence-electron chi connectivity index (χ0n) is 10.1. The lowest BCUT2D eigenvalue weighted by molar-refractivity contribution is -0.384. The lowest BCUT2D eigenvalue weighted by Crippen LogP contribution is -2.03. The fourth-order valence-electron chi connectivity index (χ4n) is 1.16. The minimum absolute atomic E-state index is 0.0721. The lowest BCUT2D eigenvalue weighted by Gasteiger charge is -2.12. The Balaban J connectivity index is 2.58. The van der Waals surface area contributed by atoms with E-state index in [9.17, 15) is 19.6 Å². The van der Waals surface area contributed by atoms with Crippen LogP contribution in [0.4, 0.5) is 5.69 Å². The number of aliphatic hydroxyl groups excluding tert-OH is 1. The first-order chi connectivity index (χ1) is 8.80. The summed E-state index contributed by atoms with van der Waals surface area (Å²) in [5.74, 6) is 0.0721. The van der Waals surface area contributed by atoms with Gasteiger partial charge in [0.25, 0.3) is 5.69 Å². The summed E-state index contributed by atoms with van der Waals surface area (Å²) in [4.78, 5) is 19.5. The summed E-state index contributed by atoms with van der Waals surface area (Å²) < 4.78 is 16.4. The average molecular weight is 307 g/mol. The first-order valence-corrected chi connectivity index (χ1v) is 8.50. The standard InChI is InChI=1S/C10H14NO6PS/c1-8(12)7-19-18(15,16)17-6-9-3-2-4-10(5-9)11(13)14/h2-5,8,12H,6-7H2,1H3,(H,15,16). The van der Waals surface area contributed by atoms with Crippen molar-refractivity contribution in [2.75, 3.05) is 5.75 Å². The molecule has 0 amide bonds. The summed E-state index contributed by atoms with van der Waals surface area (Å²) in [6.07, 6.45) is -0.716. The van der Waals surface area contributed by atoms with Gasteiger partial charge in [0.05, 0.1) is 17.6 Å². The second-order valence-corrected chi connectivity index (χ2v) is 7.76. The highest BCUT2D eigenvalue weighted by molar-refractivity contribution is 8.54. The number of non-ortho nitro benzene ring substituents is 1. The van der Waals surface area contributed by atoms with Crippen LogP contribution < -0.4 is 0 Å². The first-order valence-electron chi connectivity index (χ1n) is 5.33. The van der Waals surface area contributed by atoms with Crippen molar-refractivity contribution in [2.24, 2.45) is 0 Å². The Morgan fingerprint density at radius 2 is 2.26 bits per heavy atom. The Labute approximate surface area is 114 Å². The van der Waals surface area contributed by atoms with E-state index < -0.39 is 17.8 Å². The number of nitro benzene ring substituents is 1. The third-order valence-corrected chi connectivity index (χ3v) is 5.15. The molecule has 0 saturated carbocycles. The number of hydrogen-bond donors (Lipinski definition) is 2. The van der Waals surface area contributed by atoms with Crippen LogP contribution in [-0.2, 0) is 15.7 Å². The third-order valence-electron chi connectivity index (χ3n) is 1.99. The zero-order chi connectivity index (χ0) is 14.5. The summed E-state index contributed by atoms with van der Waals surface area (Å²) in [6, 6.07) is 5.64. The molecular weight excluding hydrogens is 293 g/mol. The molecule has 0 saturated heterocycles. The molecule has 1 rings (SSSR count). The molecule has 0 aromatic heterocycles. The minimum Gasteiger partial charge on any atom is -0.393 e. The summed E-state index contributed by atoms with van der Waals surface area (Å²) in [7, 11) is 0. The number of nitro groups is 1. The number of benzene rings is 1. The van der Waals surface area contributed by atoms with Crippen LogP contribution in [0.1, 0.15) is 12.5 Å². The number of hydrogen-bond acceptors (Lipinski definition) is 6. The van der Waals surface area contributed by atoms with Crippen molar-refractivity contribution in [3.8, 4) is 0 Å². The van der Waals surface area contributed by atoms with E-state index in [2.05, 4.69) is 0 Å². The molecule has 2 atom stereocenters. The molecule has 19 heavy (non-hydrogen) atoms. The van der Waals surface area contributed by atoms with Crippen molar-refractivity contribution >= 4 is 23.9 Å². The number of rotatable bonds is 7. The van der Waals surface area contributed by atoms with E-state index in [0.717, 1.165) is 0 Å². The van der Waals surface area contributed by atoms with E-state index in [4.69, 9.17) is 9.63 Å². The van der Waals surface area contributed by atoms with Crippen LogP contribution in [0.15, 0.2) is 24.3 Å². The fraction of sp³-hybridized carbons (Fsp3) is 0.400. The SMILES string of the molecule is CC(O)CSP(=O)(O)OCc1cccc([N+](=O)[O-])c1. The topological polar surface area (TPSA) is 110 Å². The monoisotopic (exact) mass is 307 g/mol. The Morgan fingerprint density at radius 3 is 2.84 bits per heavy atom. The minimum atomic E-state index is -3.86. The second kappa shape index (κ2) is 7.02. The Kier molecular flexibility index (Phi) is 5.96. The summed E-state index contributed by atoms with van der Waals surface area (Å²) in [5, 5.41) is 19.6. The molecule has 106 valence electrons. The third kappa shape index (κ3) is 6.17. The van der Waals surface area contributed by atoms with E-state index in [1.807, 2.05) is 0 Å². The maximum absolute atomic E-state index is 11.6. The lowest BCUT2D eigenvalue weighted by atomic mass is 10.2. The predicted molar refractivity (Wildman–Crippen MR) is 71.8 cm³/mol. The predicted octanol–water partition coefficient (Wildman–Crippen LogP) is 2.33. The quantitative estimate of drug-likeness (QED) is 0.452. The van der Waals surface area contributed by atoms with E-state index in [1.165, 1.54) is 25.1 Å². The molecule has 0 spiro atoms.